The molecular formula is C15H19NO4S. The maximum atomic E-state index is 12.6. The van der Waals surface area contributed by atoms with Crippen LogP contribution in [0.3, 0.4) is 0 Å². The number of rotatable bonds is 4. The number of thiophene rings is 1. The highest BCUT2D eigenvalue weighted by atomic mass is 32.1. The summed E-state index contributed by atoms with van der Waals surface area (Å²) >= 11 is 1.29. The number of carbonyl (C=O) groups is 2. The van der Waals surface area contributed by atoms with Crippen molar-refractivity contribution in [2.24, 2.45) is 5.92 Å². The number of aryl methyl sites for hydroxylation is 1. The van der Waals surface area contributed by atoms with E-state index in [0.29, 0.717) is 17.3 Å². The highest BCUT2D eigenvalue weighted by molar-refractivity contribution is 7.15. The molecule has 1 aliphatic heterocycles. The quantitative estimate of drug-likeness (QED) is 0.834. The molecule has 2 unspecified atom stereocenters. The first kappa shape index (κ1) is 15.7. The van der Waals surface area contributed by atoms with Crippen LogP contribution >= 0.6 is 11.3 Å². The topological polar surface area (TPSA) is 77.8 Å². The molecule has 6 heteroatoms. The van der Waals surface area contributed by atoms with Crippen molar-refractivity contribution in [2.75, 3.05) is 13.2 Å². The molecule has 1 saturated heterocycles. The van der Waals surface area contributed by atoms with Crippen LogP contribution in [0.4, 0.5) is 0 Å². The van der Waals surface area contributed by atoms with Gasteiger partial charge in [-0.2, -0.15) is 0 Å². The Kier molecular flexibility index (Phi) is 4.80. The molecule has 0 radical (unpaired) electrons. The molecule has 2 rings (SSSR count). The normalized spacial score (nSPS) is 22.1. The lowest BCUT2D eigenvalue weighted by molar-refractivity contribution is -0.131. The van der Waals surface area contributed by atoms with Crippen LogP contribution < -0.4 is 0 Å². The summed E-state index contributed by atoms with van der Waals surface area (Å²) in [7, 11) is 0. The molecule has 1 aliphatic rings. The maximum absolute atomic E-state index is 12.6. The molecule has 2 N–H and O–H groups in total. The van der Waals surface area contributed by atoms with E-state index in [9.17, 15) is 14.7 Å². The zero-order valence-electron chi connectivity index (χ0n) is 12.1. The Bertz CT molecular complexity index is 578. The SMILES string of the molecule is Cc1cc(C(=O)N2CCC(C)C2CO)sc1/C=C/C(=O)O. The molecule has 1 aromatic heterocycles. The smallest absolute Gasteiger partial charge is 0.328 e. The fraction of sp³-hybridized carbons (Fsp3) is 0.467. The first-order valence-corrected chi connectivity index (χ1v) is 7.69. The number of hydrogen-bond donors (Lipinski definition) is 2. The second-order valence-electron chi connectivity index (χ2n) is 5.34. The van der Waals surface area contributed by atoms with Crippen LogP contribution in [0.25, 0.3) is 6.08 Å². The van der Waals surface area contributed by atoms with Gasteiger partial charge >= 0.3 is 5.97 Å². The predicted molar refractivity (Wildman–Crippen MR) is 81.4 cm³/mol. The number of likely N-dealkylation sites (tertiary alicyclic amines) is 1. The van der Waals surface area contributed by atoms with Crippen molar-refractivity contribution in [1.29, 1.82) is 0 Å². The molecule has 114 valence electrons. The van der Waals surface area contributed by atoms with E-state index in [1.165, 1.54) is 17.4 Å². The molecule has 5 nitrogen and oxygen atoms in total. The number of hydrogen-bond acceptors (Lipinski definition) is 4. The average molecular weight is 309 g/mol. The largest absolute Gasteiger partial charge is 0.478 e. The van der Waals surface area contributed by atoms with Gasteiger partial charge in [-0.1, -0.05) is 6.92 Å². The van der Waals surface area contributed by atoms with Crippen molar-refractivity contribution in [2.45, 2.75) is 26.3 Å². The average Bonchev–Trinajstić information content (AvgIpc) is 2.98. The molecule has 0 aromatic carbocycles. The van der Waals surface area contributed by atoms with Crippen LogP contribution in [0.15, 0.2) is 12.1 Å². The summed E-state index contributed by atoms with van der Waals surface area (Å²) in [5.74, 6) is -0.794. The second kappa shape index (κ2) is 6.41. The Morgan fingerprint density at radius 3 is 2.86 bits per heavy atom. The van der Waals surface area contributed by atoms with Crippen LogP contribution in [-0.4, -0.2) is 46.2 Å². The van der Waals surface area contributed by atoms with Gasteiger partial charge in [-0.3, -0.25) is 4.79 Å². The van der Waals surface area contributed by atoms with Crippen molar-refractivity contribution in [3.05, 3.63) is 27.5 Å². The molecule has 1 amide bonds. The lowest BCUT2D eigenvalue weighted by atomic mass is 10.0. The van der Waals surface area contributed by atoms with Crippen LogP contribution in [-0.2, 0) is 4.79 Å². The molecule has 1 aromatic rings. The summed E-state index contributed by atoms with van der Waals surface area (Å²) in [6.45, 7) is 4.52. The van der Waals surface area contributed by atoms with Gasteiger partial charge in [0.05, 0.1) is 17.5 Å². The number of carboxylic acids is 1. The third-order valence-corrected chi connectivity index (χ3v) is 5.07. The number of aliphatic hydroxyl groups excluding tert-OH is 1. The van der Waals surface area contributed by atoms with Crippen molar-refractivity contribution in [3.8, 4) is 0 Å². The van der Waals surface area contributed by atoms with Gasteiger partial charge in [-0.05, 0) is 37.0 Å². The Morgan fingerprint density at radius 2 is 2.24 bits per heavy atom. The molecular weight excluding hydrogens is 290 g/mol. The Labute approximate surface area is 127 Å². The molecule has 0 aliphatic carbocycles. The van der Waals surface area contributed by atoms with E-state index >= 15 is 0 Å². The van der Waals surface area contributed by atoms with Crippen LogP contribution in [0.1, 0.15) is 33.5 Å². The van der Waals surface area contributed by atoms with Crippen molar-refractivity contribution < 1.29 is 19.8 Å². The number of amides is 1. The van der Waals surface area contributed by atoms with E-state index in [0.717, 1.165) is 22.9 Å². The second-order valence-corrected chi connectivity index (χ2v) is 6.43. The van der Waals surface area contributed by atoms with E-state index in [2.05, 4.69) is 0 Å². The highest BCUT2D eigenvalue weighted by Gasteiger charge is 2.34. The summed E-state index contributed by atoms with van der Waals surface area (Å²) in [4.78, 5) is 26.2. The van der Waals surface area contributed by atoms with Crippen LogP contribution in [0.5, 0.6) is 0 Å². The van der Waals surface area contributed by atoms with Crippen molar-refractivity contribution in [1.82, 2.24) is 4.90 Å². The van der Waals surface area contributed by atoms with Gasteiger partial charge in [0, 0.05) is 17.5 Å². The van der Waals surface area contributed by atoms with E-state index in [4.69, 9.17) is 5.11 Å². The molecule has 1 fully saturated rings. The molecule has 2 atom stereocenters. The van der Waals surface area contributed by atoms with Crippen molar-refractivity contribution >= 4 is 29.3 Å². The molecule has 0 spiro atoms. The first-order valence-electron chi connectivity index (χ1n) is 6.87. The van der Waals surface area contributed by atoms with Crippen molar-refractivity contribution in [3.63, 3.8) is 0 Å². The van der Waals surface area contributed by atoms with Gasteiger partial charge in [-0.15, -0.1) is 11.3 Å². The molecule has 0 bridgehead atoms. The van der Waals surface area contributed by atoms with Gasteiger partial charge in [0.25, 0.3) is 5.91 Å². The van der Waals surface area contributed by atoms with E-state index in [-0.39, 0.29) is 18.6 Å². The third-order valence-electron chi connectivity index (χ3n) is 3.87. The van der Waals surface area contributed by atoms with E-state index in [1.807, 2.05) is 13.8 Å². The first-order chi connectivity index (χ1) is 9.93. The van der Waals surface area contributed by atoms with E-state index < -0.39 is 5.97 Å². The van der Waals surface area contributed by atoms with Gasteiger partial charge in [0.15, 0.2) is 0 Å². The van der Waals surface area contributed by atoms with Crippen LogP contribution in [0.2, 0.25) is 0 Å². The zero-order valence-corrected chi connectivity index (χ0v) is 12.9. The molecule has 2 heterocycles. The van der Waals surface area contributed by atoms with Gasteiger partial charge in [0.2, 0.25) is 0 Å². The fourth-order valence-electron chi connectivity index (χ4n) is 2.59. The summed E-state index contributed by atoms with van der Waals surface area (Å²) in [6, 6.07) is 1.66. The number of carboxylic acid groups (broad SMARTS) is 1. The van der Waals surface area contributed by atoms with Gasteiger partial charge in [0.1, 0.15) is 0 Å². The highest BCUT2D eigenvalue weighted by Crippen LogP contribution is 2.29. The number of nitrogens with zero attached hydrogens (tertiary/aromatic N) is 1. The molecule has 0 saturated carbocycles. The summed E-state index contributed by atoms with van der Waals surface area (Å²) in [5, 5.41) is 18.1. The summed E-state index contributed by atoms with van der Waals surface area (Å²) in [6.07, 6.45) is 3.48. The third kappa shape index (κ3) is 3.33. The van der Waals surface area contributed by atoms with Gasteiger partial charge < -0.3 is 15.1 Å². The van der Waals surface area contributed by atoms with Gasteiger partial charge in [-0.25, -0.2) is 4.79 Å². The number of aliphatic hydroxyl groups is 1. The monoisotopic (exact) mass is 309 g/mol. The van der Waals surface area contributed by atoms with E-state index in [1.54, 1.807) is 11.0 Å². The Balaban J connectivity index is 2.20. The standard InChI is InChI=1S/C15H19NO4S/c1-9-5-6-16(11(9)8-17)15(20)13-7-10(2)12(21-13)3-4-14(18)19/h3-4,7,9,11,17H,5-6,8H2,1-2H3,(H,18,19)/b4-3+. The summed E-state index contributed by atoms with van der Waals surface area (Å²) in [5.41, 5.74) is 0.883. The maximum Gasteiger partial charge on any atom is 0.328 e. The lowest BCUT2D eigenvalue weighted by Crippen LogP contribution is -2.39. The molecule has 21 heavy (non-hydrogen) atoms. The minimum absolute atomic E-state index is 0.0248. The fourth-order valence-corrected chi connectivity index (χ4v) is 3.63. The Morgan fingerprint density at radius 1 is 1.52 bits per heavy atom. The summed E-state index contributed by atoms with van der Waals surface area (Å²) < 4.78 is 0. The minimum Gasteiger partial charge on any atom is -0.478 e. The number of carbonyl (C=O) groups excluding carboxylic acids is 1. The Hall–Kier alpha value is -1.66. The predicted octanol–water partition coefficient (Wildman–Crippen LogP) is 2.00. The number of aliphatic carboxylic acids is 1. The zero-order chi connectivity index (χ0) is 15.6. The minimum atomic E-state index is -1.01. The van der Waals surface area contributed by atoms with Crippen LogP contribution in [0, 0.1) is 12.8 Å². The lowest BCUT2D eigenvalue weighted by Gasteiger charge is -2.24.